The molecule has 0 atom stereocenters. The molecule has 0 aromatic heterocycles. The van der Waals surface area contributed by atoms with Gasteiger partial charge in [0, 0.05) is 6.07 Å². The molecule has 1 amide bonds. The average molecular weight is 334 g/mol. The van der Waals surface area contributed by atoms with E-state index in [1.807, 2.05) is 0 Å². The van der Waals surface area contributed by atoms with Crippen LogP contribution in [0.1, 0.15) is 6.42 Å². The van der Waals surface area contributed by atoms with Gasteiger partial charge >= 0.3 is 11.9 Å². The second kappa shape index (κ2) is 6.91. The van der Waals surface area contributed by atoms with Gasteiger partial charge in [0.05, 0.1) is 18.2 Å². The molecular formula is C13H13ClFNO6. The highest BCUT2D eigenvalue weighted by molar-refractivity contribution is 6.30. The van der Waals surface area contributed by atoms with Crippen LogP contribution in [0.4, 0.5) is 4.39 Å². The van der Waals surface area contributed by atoms with Crippen molar-refractivity contribution < 1.29 is 33.3 Å². The highest BCUT2D eigenvalue weighted by Gasteiger charge is 2.45. The molecule has 22 heavy (non-hydrogen) atoms. The van der Waals surface area contributed by atoms with Crippen LogP contribution in [-0.2, 0) is 19.1 Å². The van der Waals surface area contributed by atoms with Gasteiger partial charge in [-0.25, -0.2) is 9.18 Å². The van der Waals surface area contributed by atoms with Crippen molar-refractivity contribution in [1.29, 1.82) is 0 Å². The maximum atomic E-state index is 13.2. The van der Waals surface area contributed by atoms with Crippen LogP contribution in [0.25, 0.3) is 0 Å². The monoisotopic (exact) mass is 333 g/mol. The minimum atomic E-state index is -2.22. The minimum Gasteiger partial charge on any atom is -0.484 e. The SMILES string of the molecule is O=C(COc1ccc(Cl)c(F)c1)NC1(C(=O)O)OCCCO1. The zero-order chi connectivity index (χ0) is 16.2. The molecule has 0 aliphatic carbocycles. The summed E-state index contributed by atoms with van der Waals surface area (Å²) in [5.41, 5.74) is 0. The van der Waals surface area contributed by atoms with Gasteiger partial charge in [0.2, 0.25) is 0 Å². The fourth-order valence-corrected chi connectivity index (χ4v) is 1.83. The van der Waals surface area contributed by atoms with E-state index in [-0.39, 0.29) is 24.0 Å². The van der Waals surface area contributed by atoms with Gasteiger partial charge < -0.3 is 19.3 Å². The predicted molar refractivity (Wildman–Crippen MR) is 71.9 cm³/mol. The first-order chi connectivity index (χ1) is 10.4. The first-order valence-electron chi connectivity index (χ1n) is 6.33. The van der Waals surface area contributed by atoms with Crippen LogP contribution in [0.5, 0.6) is 5.75 Å². The van der Waals surface area contributed by atoms with Crippen molar-refractivity contribution in [1.82, 2.24) is 5.32 Å². The van der Waals surface area contributed by atoms with E-state index in [0.29, 0.717) is 6.42 Å². The van der Waals surface area contributed by atoms with E-state index < -0.39 is 30.2 Å². The molecule has 0 radical (unpaired) electrons. The number of halogens is 2. The first kappa shape index (κ1) is 16.5. The number of carbonyl (C=O) groups is 2. The maximum Gasteiger partial charge on any atom is 0.388 e. The number of rotatable bonds is 5. The van der Waals surface area contributed by atoms with Crippen molar-refractivity contribution in [2.24, 2.45) is 0 Å². The van der Waals surface area contributed by atoms with Gasteiger partial charge in [0.15, 0.2) is 6.61 Å². The maximum absolute atomic E-state index is 13.2. The second-order valence-electron chi connectivity index (χ2n) is 4.38. The molecule has 1 aliphatic heterocycles. The molecule has 2 N–H and O–H groups in total. The highest BCUT2D eigenvalue weighted by Crippen LogP contribution is 2.20. The third kappa shape index (κ3) is 3.85. The third-order valence-electron chi connectivity index (χ3n) is 2.75. The van der Waals surface area contributed by atoms with Gasteiger partial charge in [-0.3, -0.25) is 10.1 Å². The second-order valence-corrected chi connectivity index (χ2v) is 4.79. The number of ether oxygens (including phenoxy) is 3. The molecule has 1 saturated heterocycles. The smallest absolute Gasteiger partial charge is 0.388 e. The number of carboxylic acids is 1. The van der Waals surface area contributed by atoms with Crippen molar-refractivity contribution in [3.8, 4) is 5.75 Å². The molecule has 7 nitrogen and oxygen atoms in total. The summed E-state index contributed by atoms with van der Waals surface area (Å²) < 4.78 is 28.3. The van der Waals surface area contributed by atoms with Crippen molar-refractivity contribution in [3.63, 3.8) is 0 Å². The molecular weight excluding hydrogens is 321 g/mol. The fourth-order valence-electron chi connectivity index (χ4n) is 1.72. The first-order valence-corrected chi connectivity index (χ1v) is 6.71. The van der Waals surface area contributed by atoms with Crippen molar-refractivity contribution in [2.45, 2.75) is 12.3 Å². The summed E-state index contributed by atoms with van der Waals surface area (Å²) in [7, 11) is 0. The number of carboxylic acid groups (broad SMARTS) is 1. The van der Waals surface area contributed by atoms with Gasteiger partial charge in [0.1, 0.15) is 11.6 Å². The summed E-state index contributed by atoms with van der Waals surface area (Å²) in [6.07, 6.45) is 0.519. The van der Waals surface area contributed by atoms with Crippen molar-refractivity contribution in [3.05, 3.63) is 29.0 Å². The Kier molecular flexibility index (Phi) is 5.17. The Labute approximate surface area is 129 Å². The molecule has 1 fully saturated rings. The van der Waals surface area contributed by atoms with Gasteiger partial charge in [-0.05, 0) is 18.6 Å². The predicted octanol–water partition coefficient (Wildman–Crippen LogP) is 1.15. The average Bonchev–Trinajstić information content (AvgIpc) is 2.49. The van der Waals surface area contributed by atoms with Gasteiger partial charge in [-0.15, -0.1) is 0 Å². The van der Waals surface area contributed by atoms with Crippen LogP contribution in [0, 0.1) is 5.82 Å². The van der Waals surface area contributed by atoms with Crippen LogP contribution in [0.15, 0.2) is 18.2 Å². The van der Waals surface area contributed by atoms with Crippen molar-refractivity contribution in [2.75, 3.05) is 19.8 Å². The lowest BCUT2D eigenvalue weighted by Crippen LogP contribution is -2.61. The molecule has 0 saturated carbocycles. The number of hydrogen-bond acceptors (Lipinski definition) is 5. The number of hydrogen-bond donors (Lipinski definition) is 2. The fraction of sp³-hybridized carbons (Fsp3) is 0.385. The summed E-state index contributed by atoms with van der Waals surface area (Å²) in [5, 5.41) is 11.1. The normalized spacial score (nSPS) is 16.8. The van der Waals surface area contributed by atoms with E-state index in [0.717, 1.165) is 6.07 Å². The Hall–Kier alpha value is -1.90. The lowest BCUT2D eigenvalue weighted by atomic mass is 10.3. The van der Waals surface area contributed by atoms with Gasteiger partial charge in [-0.1, -0.05) is 11.6 Å². The van der Waals surface area contributed by atoms with Crippen LogP contribution in [-0.4, -0.2) is 42.7 Å². The van der Waals surface area contributed by atoms with E-state index in [1.54, 1.807) is 0 Å². The van der Waals surface area contributed by atoms with E-state index in [9.17, 15) is 14.0 Å². The zero-order valence-corrected chi connectivity index (χ0v) is 12.1. The zero-order valence-electron chi connectivity index (χ0n) is 11.3. The molecule has 120 valence electrons. The number of carbonyl (C=O) groups excluding carboxylic acids is 1. The van der Waals surface area contributed by atoms with E-state index in [1.165, 1.54) is 12.1 Å². The van der Waals surface area contributed by atoms with Gasteiger partial charge in [0.25, 0.3) is 5.91 Å². The molecule has 1 aromatic rings. The highest BCUT2D eigenvalue weighted by atomic mass is 35.5. The van der Waals surface area contributed by atoms with Crippen LogP contribution in [0.2, 0.25) is 5.02 Å². The Bertz CT molecular complexity index is 576. The molecule has 1 heterocycles. The largest absolute Gasteiger partial charge is 0.484 e. The third-order valence-corrected chi connectivity index (χ3v) is 3.05. The van der Waals surface area contributed by atoms with E-state index >= 15 is 0 Å². The van der Waals surface area contributed by atoms with Crippen LogP contribution >= 0.6 is 11.6 Å². The molecule has 0 spiro atoms. The number of amides is 1. The Morgan fingerprint density at radius 2 is 2.09 bits per heavy atom. The Morgan fingerprint density at radius 1 is 1.41 bits per heavy atom. The Morgan fingerprint density at radius 3 is 2.68 bits per heavy atom. The standard InChI is InChI=1S/C13H13ClFNO6/c14-9-3-2-8(6-10(9)15)20-7-11(17)16-13(12(18)19)21-4-1-5-22-13/h2-3,6H,1,4-5,7H2,(H,16,17)(H,18,19). The summed E-state index contributed by atoms with van der Waals surface area (Å²) in [6.45, 7) is -0.269. The lowest BCUT2D eigenvalue weighted by Gasteiger charge is -2.33. The topological polar surface area (TPSA) is 94.1 Å². The number of aliphatic carboxylic acids is 1. The molecule has 1 aromatic carbocycles. The number of nitrogens with one attached hydrogen (secondary N) is 1. The number of benzene rings is 1. The lowest BCUT2D eigenvalue weighted by molar-refractivity contribution is -0.277. The quantitative estimate of drug-likeness (QED) is 0.839. The minimum absolute atomic E-state index is 0.0758. The molecule has 0 bridgehead atoms. The van der Waals surface area contributed by atoms with E-state index in [2.05, 4.69) is 5.32 Å². The molecule has 1 aliphatic rings. The van der Waals surface area contributed by atoms with Gasteiger partial charge in [-0.2, -0.15) is 0 Å². The van der Waals surface area contributed by atoms with Crippen molar-refractivity contribution >= 4 is 23.5 Å². The molecule has 9 heteroatoms. The van der Waals surface area contributed by atoms with Crippen LogP contribution in [0.3, 0.4) is 0 Å². The molecule has 2 rings (SSSR count). The summed E-state index contributed by atoms with van der Waals surface area (Å²) in [4.78, 5) is 23.0. The van der Waals surface area contributed by atoms with Crippen LogP contribution < -0.4 is 10.1 Å². The Balaban J connectivity index is 1.94. The molecule has 0 unspecified atom stereocenters. The summed E-state index contributed by atoms with van der Waals surface area (Å²) in [6, 6.07) is 3.66. The van der Waals surface area contributed by atoms with E-state index in [4.69, 9.17) is 30.9 Å². The summed E-state index contributed by atoms with van der Waals surface area (Å²) in [5.74, 6) is -5.10. The summed E-state index contributed by atoms with van der Waals surface area (Å²) >= 11 is 5.52.